The molecule has 1 heterocycles. The molecule has 0 aromatic heterocycles. The number of benzene rings is 1. The van der Waals surface area contributed by atoms with E-state index in [2.05, 4.69) is 45.0 Å². The molecule has 1 aliphatic heterocycles. The van der Waals surface area contributed by atoms with E-state index in [1.165, 1.54) is 12.7 Å². The fraction of sp³-hybridized carbons (Fsp3) is 0.650. The maximum Gasteiger partial charge on any atom is 0.466 e. The van der Waals surface area contributed by atoms with Crippen molar-refractivity contribution in [3.8, 4) is 0 Å². The van der Waals surface area contributed by atoms with Crippen molar-refractivity contribution in [3.05, 3.63) is 35.4 Å². The summed E-state index contributed by atoms with van der Waals surface area (Å²) in [6.45, 7) is 14.6. The highest BCUT2D eigenvalue weighted by molar-refractivity contribution is 6.48. The second kappa shape index (κ2) is 6.77. The average Bonchev–Trinajstić information content (AvgIpc) is 2.71. The van der Waals surface area contributed by atoms with E-state index in [1.807, 2.05) is 27.7 Å². The lowest BCUT2D eigenvalue weighted by Crippen LogP contribution is -2.41. The fourth-order valence-electron chi connectivity index (χ4n) is 2.92. The first kappa shape index (κ1) is 20.0. The van der Waals surface area contributed by atoms with Gasteiger partial charge in [0.25, 0.3) is 0 Å². The number of ether oxygens (including phenoxy) is 1. The van der Waals surface area contributed by atoms with Crippen LogP contribution in [-0.2, 0) is 24.3 Å². The van der Waals surface area contributed by atoms with Gasteiger partial charge >= 0.3 is 13.1 Å². The van der Waals surface area contributed by atoms with E-state index in [1.54, 1.807) is 0 Å². The Hall–Kier alpha value is -1.33. The van der Waals surface area contributed by atoms with Crippen molar-refractivity contribution in [2.75, 3.05) is 7.11 Å². The Labute approximate surface area is 152 Å². The third-order valence-electron chi connectivity index (χ3n) is 5.42. The third kappa shape index (κ3) is 4.26. The second-order valence-corrected chi connectivity index (χ2v) is 8.88. The van der Waals surface area contributed by atoms with Crippen molar-refractivity contribution < 1.29 is 18.8 Å². The van der Waals surface area contributed by atoms with Crippen molar-refractivity contribution in [3.63, 3.8) is 0 Å². The number of carbonyl (C=O) groups is 1. The fourth-order valence-corrected chi connectivity index (χ4v) is 2.92. The van der Waals surface area contributed by atoms with Gasteiger partial charge in [-0.25, -0.2) is 0 Å². The van der Waals surface area contributed by atoms with Crippen LogP contribution in [0.4, 0.5) is 0 Å². The summed E-state index contributed by atoms with van der Waals surface area (Å²) in [7, 11) is 0.927. The SMILES string of the molecule is COC(=O)CC(B1OC(C)(C)C(C)(C)O1)c1ccc(C(C)(C)C)cc1. The van der Waals surface area contributed by atoms with Crippen molar-refractivity contribution in [1.82, 2.24) is 0 Å². The summed E-state index contributed by atoms with van der Waals surface area (Å²) >= 11 is 0. The first-order valence-corrected chi connectivity index (χ1v) is 8.90. The minimum atomic E-state index is -0.482. The Bertz CT molecular complexity index is 598. The smallest absolute Gasteiger partial charge is 0.466 e. The van der Waals surface area contributed by atoms with Crippen LogP contribution in [0.3, 0.4) is 0 Å². The van der Waals surface area contributed by atoms with E-state index in [0.29, 0.717) is 0 Å². The highest BCUT2D eigenvalue weighted by atomic mass is 16.7. The number of hydrogen-bond donors (Lipinski definition) is 0. The Kier molecular flexibility index (Phi) is 5.41. The summed E-state index contributed by atoms with van der Waals surface area (Å²) in [4.78, 5) is 12.0. The quantitative estimate of drug-likeness (QED) is 0.604. The summed E-state index contributed by atoms with van der Waals surface area (Å²) in [6.07, 6.45) is 0.224. The van der Waals surface area contributed by atoms with Gasteiger partial charge in [-0.3, -0.25) is 4.79 Å². The first-order valence-electron chi connectivity index (χ1n) is 8.90. The summed E-state index contributed by atoms with van der Waals surface area (Å²) < 4.78 is 17.3. The molecule has 4 nitrogen and oxygen atoms in total. The van der Waals surface area contributed by atoms with Crippen LogP contribution in [0.1, 0.15) is 71.8 Å². The number of methoxy groups -OCH3 is 1. The molecule has 1 aromatic rings. The Balaban J connectivity index is 2.33. The molecule has 1 atom stereocenters. The minimum absolute atomic E-state index is 0.0840. The molecule has 25 heavy (non-hydrogen) atoms. The maximum atomic E-state index is 12.0. The topological polar surface area (TPSA) is 44.8 Å². The van der Waals surface area contributed by atoms with Crippen molar-refractivity contribution in [2.24, 2.45) is 0 Å². The van der Waals surface area contributed by atoms with E-state index in [0.717, 1.165) is 5.56 Å². The van der Waals surface area contributed by atoms with E-state index in [4.69, 9.17) is 14.0 Å². The molecular formula is C20H31BO4. The summed E-state index contributed by atoms with van der Waals surface area (Å²) in [5.74, 6) is -0.470. The standard InChI is InChI=1S/C20H31BO4/c1-18(2,3)15-11-9-14(10-12-15)16(13-17(22)23-8)21-24-19(4,5)20(6,7)25-21/h9-12,16H,13H2,1-8H3. The number of esters is 1. The molecule has 1 aliphatic rings. The van der Waals surface area contributed by atoms with Crippen molar-refractivity contribution in [2.45, 2.75) is 77.3 Å². The average molecular weight is 346 g/mol. The van der Waals surface area contributed by atoms with Gasteiger partial charge in [-0.15, -0.1) is 0 Å². The lowest BCUT2D eigenvalue weighted by atomic mass is 9.66. The van der Waals surface area contributed by atoms with Crippen LogP contribution in [0, 0.1) is 0 Å². The third-order valence-corrected chi connectivity index (χ3v) is 5.42. The van der Waals surface area contributed by atoms with Gasteiger partial charge in [0.2, 0.25) is 0 Å². The normalized spacial score (nSPS) is 20.4. The zero-order valence-corrected chi connectivity index (χ0v) is 16.8. The monoisotopic (exact) mass is 346 g/mol. The van der Waals surface area contributed by atoms with Crippen LogP contribution >= 0.6 is 0 Å². The zero-order chi connectivity index (χ0) is 19.0. The largest absolute Gasteiger partial charge is 0.469 e. The minimum Gasteiger partial charge on any atom is -0.469 e. The number of rotatable bonds is 4. The van der Waals surface area contributed by atoms with Crippen LogP contribution in [0.2, 0.25) is 0 Å². The Morgan fingerprint density at radius 3 is 1.96 bits per heavy atom. The number of hydrogen-bond acceptors (Lipinski definition) is 4. The van der Waals surface area contributed by atoms with Crippen LogP contribution in [-0.4, -0.2) is 31.4 Å². The molecule has 1 unspecified atom stereocenters. The van der Waals surface area contributed by atoms with Crippen LogP contribution in [0.5, 0.6) is 0 Å². The molecule has 0 aliphatic carbocycles. The second-order valence-electron chi connectivity index (χ2n) is 8.88. The van der Waals surface area contributed by atoms with Crippen molar-refractivity contribution >= 4 is 13.1 Å². The zero-order valence-electron chi connectivity index (χ0n) is 16.8. The Morgan fingerprint density at radius 1 is 1.08 bits per heavy atom. The van der Waals surface area contributed by atoms with E-state index in [-0.39, 0.29) is 23.6 Å². The van der Waals surface area contributed by atoms with Crippen molar-refractivity contribution in [1.29, 1.82) is 0 Å². The van der Waals surface area contributed by atoms with Gasteiger partial charge in [0, 0.05) is 5.82 Å². The molecule has 0 saturated carbocycles. The summed E-state index contributed by atoms with van der Waals surface area (Å²) in [5.41, 5.74) is 1.49. The summed E-state index contributed by atoms with van der Waals surface area (Å²) in [6, 6.07) is 8.37. The number of carbonyl (C=O) groups excluding carboxylic acids is 1. The summed E-state index contributed by atoms with van der Waals surface area (Å²) in [5, 5.41) is 0. The first-order chi connectivity index (χ1) is 11.4. The predicted molar refractivity (Wildman–Crippen MR) is 101 cm³/mol. The van der Waals surface area contributed by atoms with Gasteiger partial charge in [0.05, 0.1) is 24.7 Å². The predicted octanol–water partition coefficient (Wildman–Crippen LogP) is 4.26. The molecular weight excluding hydrogens is 315 g/mol. The lowest BCUT2D eigenvalue weighted by molar-refractivity contribution is -0.140. The van der Waals surface area contributed by atoms with Gasteiger partial charge in [0.15, 0.2) is 0 Å². The highest BCUT2D eigenvalue weighted by Gasteiger charge is 2.54. The molecule has 0 amide bonds. The highest BCUT2D eigenvalue weighted by Crippen LogP contribution is 2.42. The molecule has 2 rings (SSSR count). The van der Waals surface area contributed by atoms with Crippen LogP contribution in [0.15, 0.2) is 24.3 Å². The van der Waals surface area contributed by atoms with E-state index < -0.39 is 18.3 Å². The van der Waals surface area contributed by atoms with Crippen LogP contribution in [0.25, 0.3) is 0 Å². The Morgan fingerprint density at radius 2 is 1.56 bits per heavy atom. The molecule has 1 fully saturated rings. The molecule has 1 aromatic carbocycles. The van der Waals surface area contributed by atoms with Gasteiger partial charge in [-0.05, 0) is 44.2 Å². The van der Waals surface area contributed by atoms with Gasteiger partial charge in [-0.2, -0.15) is 0 Å². The van der Waals surface area contributed by atoms with E-state index >= 15 is 0 Å². The van der Waals surface area contributed by atoms with Gasteiger partial charge in [-0.1, -0.05) is 45.0 Å². The molecule has 1 saturated heterocycles. The van der Waals surface area contributed by atoms with Gasteiger partial charge < -0.3 is 14.0 Å². The molecule has 0 bridgehead atoms. The maximum absolute atomic E-state index is 12.0. The molecule has 138 valence electrons. The van der Waals surface area contributed by atoms with E-state index in [9.17, 15) is 4.79 Å². The molecule has 0 radical (unpaired) electrons. The van der Waals surface area contributed by atoms with Crippen LogP contribution < -0.4 is 0 Å². The molecule has 0 N–H and O–H groups in total. The van der Waals surface area contributed by atoms with Gasteiger partial charge in [0.1, 0.15) is 0 Å². The molecule has 0 spiro atoms. The molecule has 5 heteroatoms. The lowest BCUT2D eigenvalue weighted by Gasteiger charge is -2.32.